The molecule has 102 valence electrons. The molecule has 0 aliphatic carbocycles. The van der Waals surface area contributed by atoms with Crippen LogP contribution in [0.15, 0.2) is 33.6 Å². The molecule has 0 spiro atoms. The van der Waals surface area contributed by atoms with Crippen LogP contribution in [0.1, 0.15) is 6.42 Å². The number of aliphatic hydroxyl groups excluding tert-OH is 1. The lowest BCUT2D eigenvalue weighted by atomic mass is 10.4. The first-order valence-corrected chi connectivity index (χ1v) is 7.78. The number of rotatable bonds is 8. The first kappa shape index (κ1) is 15.6. The minimum Gasteiger partial charge on any atom is -0.394 e. The largest absolute Gasteiger partial charge is 0.394 e. The van der Waals surface area contributed by atoms with Crippen LogP contribution in [0.3, 0.4) is 0 Å². The predicted octanol–water partition coefficient (Wildman–Crippen LogP) is 1.13. The van der Waals surface area contributed by atoms with Gasteiger partial charge in [-0.15, -0.1) is 0 Å². The Hall–Kier alpha value is -0.470. The van der Waals surface area contributed by atoms with Gasteiger partial charge in [0.15, 0.2) is 0 Å². The van der Waals surface area contributed by atoms with Crippen molar-refractivity contribution in [3.05, 3.63) is 28.7 Å². The van der Waals surface area contributed by atoms with E-state index in [0.29, 0.717) is 19.6 Å². The van der Waals surface area contributed by atoms with E-state index < -0.39 is 10.0 Å². The van der Waals surface area contributed by atoms with Crippen molar-refractivity contribution in [1.82, 2.24) is 4.72 Å². The molecule has 1 aromatic carbocycles. The smallest absolute Gasteiger partial charge is 0.240 e. The molecule has 0 bridgehead atoms. The molecule has 0 fully saturated rings. The normalized spacial score (nSPS) is 11.7. The molecule has 0 saturated carbocycles. The van der Waals surface area contributed by atoms with E-state index in [1.54, 1.807) is 12.1 Å². The number of sulfonamides is 1. The number of hydrogen-bond acceptors (Lipinski definition) is 4. The van der Waals surface area contributed by atoms with Crippen LogP contribution in [0.2, 0.25) is 0 Å². The Labute approximate surface area is 115 Å². The van der Waals surface area contributed by atoms with Crippen molar-refractivity contribution in [2.45, 2.75) is 11.3 Å². The van der Waals surface area contributed by atoms with Crippen LogP contribution in [-0.4, -0.2) is 39.9 Å². The van der Waals surface area contributed by atoms with E-state index in [1.807, 2.05) is 0 Å². The Kier molecular flexibility index (Phi) is 6.80. The first-order valence-electron chi connectivity index (χ1n) is 5.50. The third kappa shape index (κ3) is 5.45. The standard InChI is InChI=1S/C11H16BrNO4S/c12-10-2-4-11(5-3-10)18(15,16)13-6-1-8-17-9-7-14/h2-5,13-14H,1,6-9H2. The van der Waals surface area contributed by atoms with Crippen molar-refractivity contribution in [3.8, 4) is 0 Å². The van der Waals surface area contributed by atoms with Gasteiger partial charge in [-0.25, -0.2) is 13.1 Å². The number of halogens is 1. The van der Waals surface area contributed by atoms with E-state index in [2.05, 4.69) is 20.7 Å². The van der Waals surface area contributed by atoms with Gasteiger partial charge >= 0.3 is 0 Å². The average molecular weight is 338 g/mol. The maximum absolute atomic E-state index is 11.8. The summed E-state index contributed by atoms with van der Waals surface area (Å²) in [4.78, 5) is 0.238. The molecular formula is C11H16BrNO4S. The van der Waals surface area contributed by atoms with Gasteiger partial charge in [-0.2, -0.15) is 0 Å². The zero-order chi connectivity index (χ0) is 13.4. The summed E-state index contributed by atoms with van der Waals surface area (Å²) in [6.45, 7) is 0.983. The Morgan fingerprint density at radius 3 is 2.50 bits per heavy atom. The second kappa shape index (κ2) is 7.85. The second-order valence-corrected chi connectivity index (χ2v) is 6.22. The van der Waals surface area contributed by atoms with E-state index >= 15 is 0 Å². The van der Waals surface area contributed by atoms with E-state index in [-0.39, 0.29) is 18.1 Å². The van der Waals surface area contributed by atoms with Crippen molar-refractivity contribution < 1.29 is 18.3 Å². The van der Waals surface area contributed by atoms with E-state index in [9.17, 15) is 8.42 Å². The van der Waals surface area contributed by atoms with Crippen LogP contribution in [-0.2, 0) is 14.8 Å². The zero-order valence-electron chi connectivity index (χ0n) is 9.80. The molecular weight excluding hydrogens is 322 g/mol. The molecule has 0 aromatic heterocycles. The number of hydrogen-bond donors (Lipinski definition) is 2. The minimum absolute atomic E-state index is 0.0232. The Morgan fingerprint density at radius 2 is 1.89 bits per heavy atom. The maximum atomic E-state index is 11.8. The summed E-state index contributed by atoms with van der Waals surface area (Å²) >= 11 is 3.25. The van der Waals surface area contributed by atoms with Crippen molar-refractivity contribution in [3.63, 3.8) is 0 Å². The fourth-order valence-electron chi connectivity index (χ4n) is 1.24. The van der Waals surface area contributed by atoms with Gasteiger partial charge in [0.05, 0.1) is 18.1 Å². The average Bonchev–Trinajstić information content (AvgIpc) is 2.34. The van der Waals surface area contributed by atoms with E-state index in [4.69, 9.17) is 9.84 Å². The minimum atomic E-state index is -3.45. The summed E-state index contributed by atoms with van der Waals surface area (Å²) in [5.41, 5.74) is 0. The monoisotopic (exact) mass is 337 g/mol. The van der Waals surface area contributed by atoms with Gasteiger partial charge < -0.3 is 9.84 Å². The van der Waals surface area contributed by atoms with Gasteiger partial charge in [-0.1, -0.05) is 15.9 Å². The summed E-state index contributed by atoms with van der Waals surface area (Å²) in [6.07, 6.45) is 0.565. The van der Waals surface area contributed by atoms with Crippen LogP contribution in [0.4, 0.5) is 0 Å². The summed E-state index contributed by atoms with van der Waals surface area (Å²) in [7, 11) is -3.45. The second-order valence-electron chi connectivity index (χ2n) is 3.54. The number of ether oxygens (including phenoxy) is 1. The van der Waals surface area contributed by atoms with Gasteiger partial charge in [0.1, 0.15) is 0 Å². The fourth-order valence-corrected chi connectivity index (χ4v) is 2.58. The van der Waals surface area contributed by atoms with Crippen LogP contribution in [0, 0.1) is 0 Å². The zero-order valence-corrected chi connectivity index (χ0v) is 12.2. The maximum Gasteiger partial charge on any atom is 0.240 e. The highest BCUT2D eigenvalue weighted by Gasteiger charge is 2.12. The number of aliphatic hydroxyl groups is 1. The van der Waals surface area contributed by atoms with Crippen LogP contribution in [0.5, 0.6) is 0 Å². The topological polar surface area (TPSA) is 75.6 Å². The quantitative estimate of drug-likeness (QED) is 0.697. The molecule has 0 saturated heterocycles. The van der Waals surface area contributed by atoms with Crippen molar-refractivity contribution >= 4 is 26.0 Å². The SMILES string of the molecule is O=S(=O)(NCCCOCCO)c1ccc(Br)cc1. The number of benzene rings is 1. The van der Waals surface area contributed by atoms with Crippen molar-refractivity contribution in [1.29, 1.82) is 0 Å². The van der Waals surface area contributed by atoms with Crippen molar-refractivity contribution in [2.75, 3.05) is 26.4 Å². The Morgan fingerprint density at radius 1 is 1.22 bits per heavy atom. The third-order valence-corrected chi connectivity index (χ3v) is 4.12. The lowest BCUT2D eigenvalue weighted by molar-refractivity contribution is 0.0913. The van der Waals surface area contributed by atoms with Gasteiger partial charge in [0, 0.05) is 17.6 Å². The van der Waals surface area contributed by atoms with E-state index in [0.717, 1.165) is 4.47 Å². The molecule has 0 atom stereocenters. The van der Waals surface area contributed by atoms with Gasteiger partial charge in [0.25, 0.3) is 0 Å². The Bertz CT molecular complexity index is 447. The fraction of sp³-hybridized carbons (Fsp3) is 0.455. The lowest BCUT2D eigenvalue weighted by Gasteiger charge is -2.07. The van der Waals surface area contributed by atoms with Crippen molar-refractivity contribution in [2.24, 2.45) is 0 Å². The number of nitrogens with one attached hydrogen (secondary N) is 1. The summed E-state index contributed by atoms with van der Waals surface area (Å²) in [5, 5.41) is 8.48. The molecule has 0 heterocycles. The molecule has 0 aliphatic rings. The molecule has 0 radical (unpaired) electrons. The highest BCUT2D eigenvalue weighted by atomic mass is 79.9. The molecule has 7 heteroatoms. The van der Waals surface area contributed by atoms with Gasteiger partial charge in [-0.3, -0.25) is 0 Å². The van der Waals surface area contributed by atoms with Gasteiger partial charge in [0.2, 0.25) is 10.0 Å². The molecule has 18 heavy (non-hydrogen) atoms. The van der Waals surface area contributed by atoms with Crippen LogP contribution >= 0.6 is 15.9 Å². The van der Waals surface area contributed by atoms with Crippen LogP contribution in [0.25, 0.3) is 0 Å². The molecule has 0 unspecified atom stereocenters. The molecule has 1 aromatic rings. The Balaban J connectivity index is 2.38. The molecule has 0 amide bonds. The molecule has 5 nitrogen and oxygen atoms in total. The van der Waals surface area contributed by atoms with E-state index in [1.165, 1.54) is 12.1 Å². The van der Waals surface area contributed by atoms with Crippen LogP contribution < -0.4 is 4.72 Å². The molecule has 0 aliphatic heterocycles. The molecule has 1 rings (SSSR count). The highest BCUT2D eigenvalue weighted by Crippen LogP contribution is 2.14. The summed E-state index contributed by atoms with van der Waals surface area (Å²) in [6, 6.07) is 6.43. The summed E-state index contributed by atoms with van der Waals surface area (Å²) < 4.78 is 32.0. The summed E-state index contributed by atoms with van der Waals surface area (Å²) in [5.74, 6) is 0. The lowest BCUT2D eigenvalue weighted by Crippen LogP contribution is -2.25. The molecule has 2 N–H and O–H groups in total. The van der Waals surface area contributed by atoms with Gasteiger partial charge in [-0.05, 0) is 30.7 Å². The third-order valence-electron chi connectivity index (χ3n) is 2.12. The first-order chi connectivity index (χ1) is 8.56. The predicted molar refractivity (Wildman–Crippen MR) is 71.9 cm³/mol. The highest BCUT2D eigenvalue weighted by molar-refractivity contribution is 9.10.